The second kappa shape index (κ2) is 9.47. The highest BCUT2D eigenvalue weighted by Gasteiger charge is 2.09. The Kier molecular flexibility index (Phi) is 6.50. The molecule has 0 atom stereocenters. The van der Waals surface area contributed by atoms with Crippen LogP contribution in [0, 0.1) is 5.82 Å². The summed E-state index contributed by atoms with van der Waals surface area (Å²) in [4.78, 5) is 0. The highest BCUT2D eigenvalue weighted by molar-refractivity contribution is 7.80. The van der Waals surface area contributed by atoms with Gasteiger partial charge in [0.25, 0.3) is 0 Å². The van der Waals surface area contributed by atoms with E-state index >= 15 is 0 Å². The third-order valence-corrected chi connectivity index (χ3v) is 5.36. The number of anilines is 2. The second-order valence-electron chi connectivity index (χ2n) is 6.70. The quantitative estimate of drug-likeness (QED) is 0.364. The molecule has 0 fully saturated rings. The molecule has 0 saturated carbocycles. The highest BCUT2D eigenvalue weighted by atomic mass is 35.5. The summed E-state index contributed by atoms with van der Waals surface area (Å²) in [5.41, 5.74) is 2.03. The Hall–Kier alpha value is -2.94. The summed E-state index contributed by atoms with van der Waals surface area (Å²) in [7, 11) is 0. The van der Waals surface area contributed by atoms with Crippen LogP contribution in [-0.4, -0.2) is 24.7 Å². The van der Waals surface area contributed by atoms with E-state index in [2.05, 4.69) is 20.8 Å². The van der Waals surface area contributed by atoms with E-state index in [1.165, 1.54) is 6.07 Å². The van der Waals surface area contributed by atoms with Crippen molar-refractivity contribution in [1.82, 2.24) is 19.6 Å². The number of aromatic nitrogens is 4. The minimum Gasteiger partial charge on any atom is -0.330 e. The zero-order valence-corrected chi connectivity index (χ0v) is 18.4. The first-order valence-corrected chi connectivity index (χ1v) is 10.4. The summed E-state index contributed by atoms with van der Waals surface area (Å²) >= 11 is 17.8. The molecule has 2 aromatic carbocycles. The van der Waals surface area contributed by atoms with Gasteiger partial charge in [-0.1, -0.05) is 47.5 Å². The van der Waals surface area contributed by atoms with Gasteiger partial charge in [0.1, 0.15) is 5.82 Å². The second-order valence-corrected chi connectivity index (χ2v) is 7.92. The van der Waals surface area contributed by atoms with E-state index < -0.39 is 0 Å². The third kappa shape index (κ3) is 5.41. The van der Waals surface area contributed by atoms with Crippen LogP contribution in [0.15, 0.2) is 67.1 Å². The molecule has 0 radical (unpaired) electrons. The average molecular weight is 475 g/mol. The number of benzene rings is 2. The first-order chi connectivity index (χ1) is 15.0. The van der Waals surface area contributed by atoms with Gasteiger partial charge in [0.05, 0.1) is 25.0 Å². The van der Waals surface area contributed by atoms with Gasteiger partial charge in [0.2, 0.25) is 0 Å². The number of thiocarbonyl (C=S) groups is 1. The minimum absolute atomic E-state index is 0.265. The third-order valence-electron chi connectivity index (χ3n) is 4.45. The Bertz CT molecular complexity index is 1200. The Balaban J connectivity index is 1.35. The molecule has 0 spiro atoms. The van der Waals surface area contributed by atoms with E-state index in [1.54, 1.807) is 70.4 Å². The van der Waals surface area contributed by atoms with Crippen molar-refractivity contribution in [3.63, 3.8) is 0 Å². The molecule has 0 aliphatic heterocycles. The van der Waals surface area contributed by atoms with Crippen LogP contribution in [0.5, 0.6) is 0 Å². The van der Waals surface area contributed by atoms with Crippen molar-refractivity contribution >= 4 is 52.0 Å². The van der Waals surface area contributed by atoms with Gasteiger partial charge in [-0.15, -0.1) is 0 Å². The number of rotatable bonds is 6. The van der Waals surface area contributed by atoms with E-state index in [0.29, 0.717) is 45.3 Å². The summed E-state index contributed by atoms with van der Waals surface area (Å²) < 4.78 is 17.2. The van der Waals surface area contributed by atoms with Crippen molar-refractivity contribution in [3.8, 4) is 0 Å². The van der Waals surface area contributed by atoms with Crippen LogP contribution in [0.3, 0.4) is 0 Å². The minimum atomic E-state index is -0.265. The van der Waals surface area contributed by atoms with Gasteiger partial charge in [-0.05, 0) is 30.4 Å². The van der Waals surface area contributed by atoms with Crippen molar-refractivity contribution in [1.29, 1.82) is 0 Å². The molecule has 0 unspecified atom stereocenters. The average Bonchev–Trinajstić information content (AvgIpc) is 3.36. The molecule has 0 amide bonds. The SMILES string of the molecule is Fc1ccccc1Cn1cc(NC(=S)Nc2ccn(Cc3c(Cl)cccc3Cl)n2)cn1. The molecule has 0 saturated heterocycles. The summed E-state index contributed by atoms with van der Waals surface area (Å²) in [6.07, 6.45) is 5.17. The highest BCUT2D eigenvalue weighted by Crippen LogP contribution is 2.25. The molecule has 0 aliphatic rings. The van der Waals surface area contributed by atoms with E-state index in [9.17, 15) is 4.39 Å². The monoisotopic (exact) mass is 474 g/mol. The number of nitrogens with one attached hydrogen (secondary N) is 2. The molecule has 4 aromatic rings. The summed E-state index contributed by atoms with van der Waals surface area (Å²) in [6.45, 7) is 0.757. The molecule has 6 nitrogen and oxygen atoms in total. The summed E-state index contributed by atoms with van der Waals surface area (Å²) in [5, 5.41) is 16.3. The fourth-order valence-corrected chi connectivity index (χ4v) is 3.70. The van der Waals surface area contributed by atoms with Gasteiger partial charge in [-0.2, -0.15) is 10.2 Å². The molecule has 2 aromatic heterocycles. The maximum absolute atomic E-state index is 13.8. The van der Waals surface area contributed by atoms with Crippen LogP contribution < -0.4 is 10.6 Å². The van der Waals surface area contributed by atoms with E-state index in [0.717, 1.165) is 5.56 Å². The number of halogens is 3. The van der Waals surface area contributed by atoms with Crippen molar-refractivity contribution in [2.75, 3.05) is 10.6 Å². The van der Waals surface area contributed by atoms with Crippen molar-refractivity contribution in [2.45, 2.75) is 13.1 Å². The van der Waals surface area contributed by atoms with Crippen molar-refractivity contribution < 1.29 is 4.39 Å². The molecular weight excluding hydrogens is 458 g/mol. The Morgan fingerprint density at radius 3 is 2.52 bits per heavy atom. The van der Waals surface area contributed by atoms with Crippen LogP contribution in [0.25, 0.3) is 0 Å². The van der Waals surface area contributed by atoms with Crippen LogP contribution >= 0.6 is 35.4 Å². The van der Waals surface area contributed by atoms with Gasteiger partial charge in [0.15, 0.2) is 10.9 Å². The summed E-state index contributed by atoms with van der Waals surface area (Å²) in [6, 6.07) is 13.8. The molecule has 2 N–H and O–H groups in total. The first-order valence-electron chi connectivity index (χ1n) is 9.28. The maximum atomic E-state index is 13.8. The fraction of sp³-hybridized carbons (Fsp3) is 0.0952. The number of hydrogen-bond acceptors (Lipinski definition) is 3. The van der Waals surface area contributed by atoms with Crippen LogP contribution in [0.4, 0.5) is 15.9 Å². The smallest absolute Gasteiger partial charge is 0.176 e. The number of nitrogens with zero attached hydrogens (tertiary/aromatic N) is 4. The largest absolute Gasteiger partial charge is 0.330 e. The molecule has 0 aliphatic carbocycles. The Morgan fingerprint density at radius 2 is 1.74 bits per heavy atom. The maximum Gasteiger partial charge on any atom is 0.176 e. The molecule has 2 heterocycles. The fourth-order valence-electron chi connectivity index (χ4n) is 2.96. The van der Waals surface area contributed by atoms with Crippen LogP contribution in [0.2, 0.25) is 10.0 Å². The van der Waals surface area contributed by atoms with E-state index in [-0.39, 0.29) is 5.82 Å². The zero-order chi connectivity index (χ0) is 21.8. The van der Waals surface area contributed by atoms with E-state index in [4.69, 9.17) is 35.4 Å². The zero-order valence-electron chi connectivity index (χ0n) is 16.1. The molecule has 4 rings (SSSR count). The number of hydrogen-bond donors (Lipinski definition) is 2. The lowest BCUT2D eigenvalue weighted by atomic mass is 10.2. The van der Waals surface area contributed by atoms with Crippen LogP contribution in [-0.2, 0) is 13.1 Å². The molecule has 158 valence electrons. The predicted molar refractivity (Wildman–Crippen MR) is 125 cm³/mol. The van der Waals surface area contributed by atoms with E-state index in [1.807, 2.05) is 0 Å². The molecular formula is C21H17Cl2FN6S. The first kappa shape index (κ1) is 21.3. The van der Waals surface area contributed by atoms with Gasteiger partial charge in [-0.25, -0.2) is 4.39 Å². The molecule has 31 heavy (non-hydrogen) atoms. The molecule has 0 bridgehead atoms. The van der Waals surface area contributed by atoms with Gasteiger partial charge >= 0.3 is 0 Å². The normalized spacial score (nSPS) is 10.8. The lowest BCUT2D eigenvalue weighted by Crippen LogP contribution is -2.19. The van der Waals surface area contributed by atoms with Gasteiger partial charge in [0, 0.05) is 39.6 Å². The van der Waals surface area contributed by atoms with Crippen molar-refractivity contribution in [2.24, 2.45) is 0 Å². The lowest BCUT2D eigenvalue weighted by molar-refractivity contribution is 0.585. The molecule has 10 heteroatoms. The Morgan fingerprint density at radius 1 is 0.968 bits per heavy atom. The van der Waals surface area contributed by atoms with Gasteiger partial charge < -0.3 is 10.6 Å². The standard InChI is InChI=1S/C21H17Cl2FN6S/c22-17-5-3-6-18(23)16(17)13-29-9-8-20(28-29)27-21(31)26-15-10-25-30(12-15)11-14-4-1-2-7-19(14)24/h1-10,12H,11,13H2,(H2,26,27,28,31). The Labute approximate surface area is 193 Å². The predicted octanol–water partition coefficient (Wildman–Crippen LogP) is 5.43. The van der Waals surface area contributed by atoms with Crippen molar-refractivity contribution in [3.05, 3.63) is 94.1 Å². The topological polar surface area (TPSA) is 59.7 Å². The van der Waals surface area contributed by atoms with Gasteiger partial charge in [-0.3, -0.25) is 9.36 Å². The summed E-state index contributed by atoms with van der Waals surface area (Å²) in [5.74, 6) is 0.304. The van der Waals surface area contributed by atoms with Crippen LogP contribution in [0.1, 0.15) is 11.1 Å². The lowest BCUT2D eigenvalue weighted by Gasteiger charge is -2.08.